The number of aromatic nitrogens is 1. The van der Waals surface area contributed by atoms with E-state index in [9.17, 15) is 9.18 Å². The molecule has 1 amide bonds. The van der Waals surface area contributed by atoms with E-state index in [1.807, 2.05) is 13.8 Å². The van der Waals surface area contributed by atoms with E-state index >= 15 is 0 Å². The molecule has 1 aromatic carbocycles. The van der Waals surface area contributed by atoms with Crippen LogP contribution in [0.2, 0.25) is 0 Å². The predicted octanol–water partition coefficient (Wildman–Crippen LogP) is 3.26. The van der Waals surface area contributed by atoms with E-state index in [0.29, 0.717) is 17.9 Å². The minimum Gasteiger partial charge on any atom is -0.487 e. The molecule has 0 fully saturated rings. The smallest absolute Gasteiger partial charge is 0.270 e. The van der Waals surface area contributed by atoms with Crippen LogP contribution < -0.4 is 15.8 Å². The molecule has 0 saturated carbocycles. The summed E-state index contributed by atoms with van der Waals surface area (Å²) in [7, 11) is 0. The lowest BCUT2D eigenvalue weighted by Gasteiger charge is -2.38. The van der Waals surface area contributed by atoms with Crippen molar-refractivity contribution in [2.45, 2.75) is 31.9 Å². The summed E-state index contributed by atoms with van der Waals surface area (Å²) in [6, 6.07) is 7.68. The molecule has 0 aliphatic carbocycles. The number of benzene rings is 1. The van der Waals surface area contributed by atoms with Crippen LogP contribution in [0.5, 0.6) is 5.75 Å². The zero-order valence-electron chi connectivity index (χ0n) is 13.4. The number of nitrogens with two attached hydrogens (primary N) is 1. The molecule has 2 aromatic rings. The van der Waals surface area contributed by atoms with E-state index in [0.717, 1.165) is 11.8 Å². The van der Waals surface area contributed by atoms with Crippen LogP contribution in [0, 0.1) is 5.82 Å². The number of fused-ring (bicyclic) bond motifs is 1. The van der Waals surface area contributed by atoms with Crippen LogP contribution in [0.1, 0.15) is 42.4 Å². The number of nitrogen functional groups attached to an aromatic ring is 1. The fourth-order valence-electron chi connectivity index (χ4n) is 2.74. The highest BCUT2D eigenvalue weighted by Gasteiger charge is 2.34. The number of carbonyl (C=O) groups is 1. The zero-order chi connectivity index (χ0) is 16.6. The van der Waals surface area contributed by atoms with Crippen LogP contribution >= 0.6 is 12.4 Å². The molecule has 0 bridgehead atoms. The Bertz CT molecular complexity index is 750. The van der Waals surface area contributed by atoms with E-state index in [1.54, 1.807) is 18.2 Å². The first kappa shape index (κ1) is 18.0. The van der Waals surface area contributed by atoms with Crippen LogP contribution in [0.15, 0.2) is 36.5 Å². The van der Waals surface area contributed by atoms with Gasteiger partial charge < -0.3 is 15.8 Å². The molecular weight excluding hydrogens is 333 g/mol. The molecule has 1 aliphatic heterocycles. The third kappa shape index (κ3) is 3.76. The van der Waals surface area contributed by atoms with Gasteiger partial charge in [-0.05, 0) is 44.2 Å². The summed E-state index contributed by atoms with van der Waals surface area (Å²) in [5, 5.41) is 2.93. The molecule has 7 heteroatoms. The molecule has 3 rings (SSSR count). The number of halogens is 2. The lowest BCUT2D eigenvalue weighted by molar-refractivity contribution is 0.0618. The number of ether oxygens (including phenoxy) is 1. The number of pyridine rings is 1. The summed E-state index contributed by atoms with van der Waals surface area (Å²) < 4.78 is 18.9. The van der Waals surface area contributed by atoms with Gasteiger partial charge in [0.2, 0.25) is 0 Å². The van der Waals surface area contributed by atoms with Crippen molar-refractivity contribution in [3.63, 3.8) is 0 Å². The third-order valence-electron chi connectivity index (χ3n) is 3.76. The molecule has 0 spiro atoms. The van der Waals surface area contributed by atoms with Crippen molar-refractivity contribution >= 4 is 24.0 Å². The van der Waals surface area contributed by atoms with Crippen LogP contribution in [0.25, 0.3) is 0 Å². The maximum atomic E-state index is 12.9. The van der Waals surface area contributed by atoms with Crippen LogP contribution in [0.4, 0.5) is 10.1 Å². The second kappa shape index (κ2) is 6.65. The number of hydrogen-bond donors (Lipinski definition) is 2. The van der Waals surface area contributed by atoms with Crippen molar-refractivity contribution in [3.05, 3.63) is 53.6 Å². The molecule has 2 heterocycles. The van der Waals surface area contributed by atoms with Gasteiger partial charge in [-0.2, -0.15) is 0 Å². The number of nitrogens with zero attached hydrogens (tertiary/aromatic N) is 1. The Hall–Kier alpha value is -2.34. The number of hydrogen-bond acceptors (Lipinski definition) is 4. The summed E-state index contributed by atoms with van der Waals surface area (Å²) in [6.45, 7) is 3.92. The average Bonchev–Trinajstić information content (AvgIpc) is 2.48. The van der Waals surface area contributed by atoms with Crippen LogP contribution in [-0.2, 0) is 0 Å². The minimum atomic E-state index is -0.480. The minimum absolute atomic E-state index is 0. The molecule has 0 saturated heterocycles. The number of anilines is 1. The third-order valence-corrected chi connectivity index (χ3v) is 3.76. The number of rotatable bonds is 2. The summed E-state index contributed by atoms with van der Waals surface area (Å²) >= 11 is 0. The van der Waals surface area contributed by atoms with E-state index in [4.69, 9.17) is 10.5 Å². The van der Waals surface area contributed by atoms with Crippen molar-refractivity contribution in [1.82, 2.24) is 10.3 Å². The zero-order valence-corrected chi connectivity index (χ0v) is 14.2. The quantitative estimate of drug-likeness (QED) is 0.814. The lowest BCUT2D eigenvalue weighted by atomic mass is 9.89. The number of amides is 1. The topological polar surface area (TPSA) is 77.2 Å². The largest absolute Gasteiger partial charge is 0.487 e. The first-order chi connectivity index (χ1) is 10.8. The predicted molar refractivity (Wildman–Crippen MR) is 91.8 cm³/mol. The highest BCUT2D eigenvalue weighted by atomic mass is 35.5. The Morgan fingerprint density at radius 2 is 2.12 bits per heavy atom. The summed E-state index contributed by atoms with van der Waals surface area (Å²) in [5.41, 5.74) is 7.03. The van der Waals surface area contributed by atoms with Crippen LogP contribution in [-0.4, -0.2) is 16.5 Å². The first-order valence-corrected chi connectivity index (χ1v) is 7.35. The Labute approximate surface area is 145 Å². The fourth-order valence-corrected chi connectivity index (χ4v) is 2.74. The van der Waals surface area contributed by atoms with Crippen molar-refractivity contribution in [1.29, 1.82) is 0 Å². The molecule has 24 heavy (non-hydrogen) atoms. The molecule has 5 nitrogen and oxygen atoms in total. The standard InChI is InChI=1S/C17H18FN3O2.ClH/c1-17(2)8-14(12-7-11(19)4-6-15(12)23-17)21-16(22)13-5-3-10(18)9-20-13;/h3-7,9,14H,8,19H2,1-2H3,(H,21,22);1H. The van der Waals surface area contributed by atoms with Crippen LogP contribution in [0.3, 0.4) is 0 Å². The molecule has 3 N–H and O–H groups in total. The second-order valence-corrected chi connectivity index (χ2v) is 6.25. The monoisotopic (exact) mass is 351 g/mol. The van der Waals surface area contributed by atoms with Crippen molar-refractivity contribution in [2.75, 3.05) is 5.73 Å². The average molecular weight is 352 g/mol. The molecular formula is C17H19ClFN3O2. The lowest BCUT2D eigenvalue weighted by Crippen LogP contribution is -2.41. The van der Waals surface area contributed by atoms with Gasteiger partial charge in [-0.25, -0.2) is 9.37 Å². The molecule has 1 aliphatic rings. The Morgan fingerprint density at radius 1 is 1.38 bits per heavy atom. The van der Waals surface area contributed by atoms with E-state index < -0.39 is 11.4 Å². The molecule has 0 radical (unpaired) electrons. The summed E-state index contributed by atoms with van der Waals surface area (Å²) in [4.78, 5) is 16.2. The van der Waals surface area contributed by atoms with Gasteiger partial charge in [-0.3, -0.25) is 4.79 Å². The Balaban J connectivity index is 0.00000208. The molecule has 1 aromatic heterocycles. The van der Waals surface area contributed by atoms with E-state index in [1.165, 1.54) is 12.1 Å². The highest BCUT2D eigenvalue weighted by molar-refractivity contribution is 5.92. The molecule has 1 atom stereocenters. The second-order valence-electron chi connectivity index (χ2n) is 6.25. The van der Waals surface area contributed by atoms with Crippen molar-refractivity contribution < 1.29 is 13.9 Å². The van der Waals surface area contributed by atoms with E-state index in [2.05, 4.69) is 10.3 Å². The molecule has 1 unspecified atom stereocenters. The van der Waals surface area contributed by atoms with Gasteiger partial charge in [0, 0.05) is 17.7 Å². The highest BCUT2D eigenvalue weighted by Crippen LogP contribution is 2.40. The van der Waals surface area contributed by atoms with Crippen molar-refractivity contribution in [3.8, 4) is 5.75 Å². The van der Waals surface area contributed by atoms with Gasteiger partial charge >= 0.3 is 0 Å². The normalized spacial score (nSPS) is 17.9. The molecule has 128 valence electrons. The van der Waals surface area contributed by atoms with Gasteiger partial charge in [0.15, 0.2) is 0 Å². The van der Waals surface area contributed by atoms with Gasteiger partial charge in [-0.1, -0.05) is 0 Å². The fraction of sp³-hybridized carbons (Fsp3) is 0.294. The van der Waals surface area contributed by atoms with Gasteiger partial charge in [0.25, 0.3) is 5.91 Å². The summed E-state index contributed by atoms with van der Waals surface area (Å²) in [5.74, 6) is -0.138. The Morgan fingerprint density at radius 3 is 2.79 bits per heavy atom. The maximum Gasteiger partial charge on any atom is 0.270 e. The van der Waals surface area contributed by atoms with E-state index in [-0.39, 0.29) is 30.0 Å². The first-order valence-electron chi connectivity index (χ1n) is 7.35. The van der Waals surface area contributed by atoms with Gasteiger partial charge in [0.05, 0.1) is 12.2 Å². The maximum absolute atomic E-state index is 12.9. The number of nitrogens with one attached hydrogen (secondary N) is 1. The van der Waals surface area contributed by atoms with Crippen molar-refractivity contribution in [2.24, 2.45) is 0 Å². The van der Waals surface area contributed by atoms with Gasteiger partial charge in [0.1, 0.15) is 22.9 Å². The summed E-state index contributed by atoms with van der Waals surface area (Å²) in [6.07, 6.45) is 1.62. The van der Waals surface area contributed by atoms with Gasteiger partial charge in [-0.15, -0.1) is 12.4 Å². The number of carbonyl (C=O) groups excluding carboxylic acids is 1. The SMILES string of the molecule is CC1(C)CC(NC(=O)c2ccc(F)cn2)c2cc(N)ccc2O1.Cl. The Kier molecular flexibility index (Phi) is 4.99.